The molecule has 0 unspecified atom stereocenters. The van der Waals surface area contributed by atoms with Gasteiger partial charge in [-0.15, -0.1) is 11.3 Å². The molecule has 2 N–H and O–H groups in total. The number of amides is 1. The van der Waals surface area contributed by atoms with Crippen LogP contribution >= 0.6 is 22.9 Å². The highest BCUT2D eigenvalue weighted by Gasteiger charge is 2.24. The minimum atomic E-state index is -0.0561. The first kappa shape index (κ1) is 26.9. The second-order valence-corrected chi connectivity index (χ2v) is 11.0. The Kier molecular flexibility index (Phi) is 8.40. The normalized spacial score (nSPS) is 16.9. The highest BCUT2D eigenvalue weighted by atomic mass is 35.5. The van der Waals surface area contributed by atoms with Crippen molar-refractivity contribution >= 4 is 50.8 Å². The maximum atomic E-state index is 12.4. The van der Waals surface area contributed by atoms with Crippen molar-refractivity contribution in [2.24, 2.45) is 0 Å². The van der Waals surface area contributed by atoms with Gasteiger partial charge in [-0.05, 0) is 24.3 Å². The molecule has 0 atom stereocenters. The Hall–Kier alpha value is -3.29. The van der Waals surface area contributed by atoms with E-state index in [4.69, 9.17) is 26.1 Å². The van der Waals surface area contributed by atoms with E-state index >= 15 is 0 Å². The van der Waals surface area contributed by atoms with Crippen LogP contribution in [0.3, 0.4) is 0 Å². The van der Waals surface area contributed by atoms with Crippen LogP contribution in [-0.2, 0) is 9.53 Å². The minimum Gasteiger partial charge on any atom is -0.492 e. The first-order chi connectivity index (χ1) is 19.6. The molecule has 3 aromatic heterocycles. The van der Waals surface area contributed by atoms with E-state index in [1.54, 1.807) is 12.4 Å². The van der Waals surface area contributed by atoms with Gasteiger partial charge in [0.2, 0.25) is 5.91 Å². The molecule has 2 fully saturated rings. The number of morpholine rings is 1. The van der Waals surface area contributed by atoms with E-state index in [0.717, 1.165) is 87.4 Å². The zero-order valence-electron chi connectivity index (χ0n) is 22.0. The molecule has 2 saturated heterocycles. The lowest BCUT2D eigenvalue weighted by molar-refractivity contribution is -0.117. The Morgan fingerprint density at radius 3 is 2.62 bits per heavy atom. The summed E-state index contributed by atoms with van der Waals surface area (Å²) in [6.07, 6.45) is 3.33. The number of carbonyl (C=O) groups is 1. The van der Waals surface area contributed by atoms with Gasteiger partial charge in [-0.25, -0.2) is 15.0 Å². The lowest BCUT2D eigenvalue weighted by atomic mass is 10.2. The molecular weight excluding hydrogens is 552 g/mol. The van der Waals surface area contributed by atoms with E-state index in [-0.39, 0.29) is 5.91 Å². The largest absolute Gasteiger partial charge is 0.492 e. The average molecular weight is 583 g/mol. The zero-order chi connectivity index (χ0) is 27.3. The Balaban J connectivity index is 1.08. The summed E-state index contributed by atoms with van der Waals surface area (Å²) in [6, 6.07) is 7.93. The van der Waals surface area contributed by atoms with Gasteiger partial charge in [0.25, 0.3) is 0 Å². The molecule has 0 spiro atoms. The van der Waals surface area contributed by atoms with Crippen molar-refractivity contribution in [1.82, 2.24) is 29.7 Å². The van der Waals surface area contributed by atoms with E-state index < -0.39 is 0 Å². The number of benzene rings is 1. The quantitative estimate of drug-likeness (QED) is 0.307. The lowest BCUT2D eigenvalue weighted by Gasteiger charge is -2.36. The molecule has 0 aliphatic carbocycles. The molecule has 1 aromatic carbocycles. The summed E-state index contributed by atoms with van der Waals surface area (Å²) < 4.78 is 11.3. The highest BCUT2D eigenvalue weighted by molar-refractivity contribution is 7.13. The molecule has 2 aliphatic heterocycles. The summed E-state index contributed by atoms with van der Waals surface area (Å²) in [6.45, 7) is 8.27. The number of nitrogens with zero attached hydrogens (tertiary/aromatic N) is 6. The number of carbonyl (C=O) groups excluding carboxylic acids is 1. The number of nitrogens with one attached hydrogen (secondary N) is 2. The van der Waals surface area contributed by atoms with Gasteiger partial charge in [-0.3, -0.25) is 14.6 Å². The number of imidazole rings is 1. The van der Waals surface area contributed by atoms with Gasteiger partial charge in [0.05, 0.1) is 36.7 Å². The second-order valence-electron chi connectivity index (χ2n) is 9.71. The number of hydrogen-bond donors (Lipinski definition) is 2. The molecule has 0 bridgehead atoms. The maximum Gasteiger partial charge on any atom is 0.240 e. The fraction of sp³-hybridized carbons (Fsp3) is 0.407. The van der Waals surface area contributed by atoms with E-state index in [2.05, 4.69) is 35.0 Å². The maximum absolute atomic E-state index is 12.4. The van der Waals surface area contributed by atoms with Crippen molar-refractivity contribution in [3.63, 3.8) is 0 Å². The number of hydrogen-bond acceptors (Lipinski definition) is 10. The Bertz CT molecular complexity index is 1420. The van der Waals surface area contributed by atoms with E-state index in [1.165, 1.54) is 11.3 Å². The van der Waals surface area contributed by atoms with E-state index in [0.29, 0.717) is 29.0 Å². The van der Waals surface area contributed by atoms with Crippen LogP contribution in [0.1, 0.15) is 0 Å². The van der Waals surface area contributed by atoms with Gasteiger partial charge in [0.15, 0.2) is 10.8 Å². The predicted octanol–water partition coefficient (Wildman–Crippen LogP) is 3.21. The Morgan fingerprint density at radius 2 is 1.88 bits per heavy atom. The predicted molar refractivity (Wildman–Crippen MR) is 156 cm³/mol. The number of ether oxygens (including phenoxy) is 2. The standard InChI is InChI=1S/C27H31ClN8O3S/c28-21-17-30-26-23(24(21)36-8-6-35(7-9-36)18-22(37)31-27-29-5-16-40-27)32-25(33-26)19-1-3-20(4-2-19)39-15-12-34-10-13-38-14-11-34/h1-5,16-17H,6-15,18H2,(H,29,31,37)(H,30,32,33). The van der Waals surface area contributed by atoms with Gasteiger partial charge in [0.1, 0.15) is 23.7 Å². The first-order valence-corrected chi connectivity index (χ1v) is 14.6. The lowest BCUT2D eigenvalue weighted by Crippen LogP contribution is -2.48. The number of rotatable bonds is 9. The molecule has 5 heterocycles. The molecule has 13 heteroatoms. The number of piperazine rings is 1. The number of H-pyrrole nitrogens is 1. The number of aromatic nitrogens is 4. The summed E-state index contributed by atoms with van der Waals surface area (Å²) >= 11 is 8.07. The van der Waals surface area contributed by atoms with Crippen LogP contribution in [0.15, 0.2) is 42.0 Å². The van der Waals surface area contributed by atoms with Crippen molar-refractivity contribution in [3.05, 3.63) is 47.1 Å². The van der Waals surface area contributed by atoms with Crippen LogP contribution in [0.5, 0.6) is 5.75 Å². The third kappa shape index (κ3) is 6.37. The monoisotopic (exact) mass is 582 g/mol. The van der Waals surface area contributed by atoms with Crippen molar-refractivity contribution in [1.29, 1.82) is 0 Å². The molecule has 6 rings (SSSR count). The van der Waals surface area contributed by atoms with Crippen LogP contribution in [-0.4, -0.2) is 108 Å². The summed E-state index contributed by atoms with van der Waals surface area (Å²) in [5.74, 6) is 1.50. The van der Waals surface area contributed by atoms with Crippen molar-refractivity contribution in [2.45, 2.75) is 0 Å². The molecule has 1 amide bonds. The molecular formula is C27H31ClN8O3S. The molecule has 210 valence electrons. The van der Waals surface area contributed by atoms with Crippen LogP contribution in [0.4, 0.5) is 10.8 Å². The average Bonchev–Trinajstić information content (AvgIpc) is 3.65. The first-order valence-electron chi connectivity index (χ1n) is 13.4. The minimum absolute atomic E-state index is 0.0561. The van der Waals surface area contributed by atoms with Crippen LogP contribution in [0.25, 0.3) is 22.6 Å². The molecule has 0 radical (unpaired) electrons. The van der Waals surface area contributed by atoms with Crippen LogP contribution in [0, 0.1) is 0 Å². The third-order valence-electron chi connectivity index (χ3n) is 7.09. The van der Waals surface area contributed by atoms with Gasteiger partial charge >= 0.3 is 0 Å². The number of pyridine rings is 1. The number of halogens is 1. The number of fused-ring (bicyclic) bond motifs is 1. The molecule has 2 aliphatic rings. The van der Waals surface area contributed by atoms with Crippen molar-refractivity contribution in [2.75, 3.05) is 82.4 Å². The summed E-state index contributed by atoms with van der Waals surface area (Å²) in [5, 5.41) is 5.88. The Labute approximate surface area is 241 Å². The van der Waals surface area contributed by atoms with E-state index in [1.807, 2.05) is 29.6 Å². The SMILES string of the molecule is O=C(CN1CCN(c2c(Cl)cnc3nc(-c4ccc(OCCN5CCOCC5)cc4)[nH]c23)CC1)Nc1nccs1. The summed E-state index contributed by atoms with van der Waals surface area (Å²) in [4.78, 5) is 35.9. The van der Waals surface area contributed by atoms with Gasteiger partial charge in [-0.1, -0.05) is 11.6 Å². The number of anilines is 2. The van der Waals surface area contributed by atoms with Gasteiger partial charge < -0.3 is 24.7 Å². The summed E-state index contributed by atoms with van der Waals surface area (Å²) in [5.41, 5.74) is 3.26. The topological polar surface area (TPSA) is 112 Å². The molecule has 4 aromatic rings. The third-order valence-corrected chi connectivity index (χ3v) is 8.06. The van der Waals surface area contributed by atoms with Crippen molar-refractivity contribution < 1.29 is 14.3 Å². The number of aromatic amines is 1. The molecule has 0 saturated carbocycles. The smallest absolute Gasteiger partial charge is 0.240 e. The van der Waals surface area contributed by atoms with Gasteiger partial charge in [0, 0.05) is 63.0 Å². The van der Waals surface area contributed by atoms with Gasteiger partial charge in [-0.2, -0.15) is 0 Å². The van der Waals surface area contributed by atoms with Crippen LogP contribution < -0.4 is 15.0 Å². The fourth-order valence-electron chi connectivity index (χ4n) is 4.97. The van der Waals surface area contributed by atoms with Crippen LogP contribution in [0.2, 0.25) is 5.02 Å². The Morgan fingerprint density at radius 1 is 1.07 bits per heavy atom. The molecule has 11 nitrogen and oxygen atoms in total. The summed E-state index contributed by atoms with van der Waals surface area (Å²) in [7, 11) is 0. The fourth-order valence-corrected chi connectivity index (χ4v) is 5.78. The number of thiazole rings is 1. The highest BCUT2D eigenvalue weighted by Crippen LogP contribution is 2.34. The molecule has 40 heavy (non-hydrogen) atoms. The zero-order valence-corrected chi connectivity index (χ0v) is 23.6. The van der Waals surface area contributed by atoms with E-state index in [9.17, 15) is 4.79 Å². The second kappa shape index (κ2) is 12.5. The van der Waals surface area contributed by atoms with Crippen molar-refractivity contribution in [3.8, 4) is 17.1 Å².